The Balaban J connectivity index is 1.94. The molecule has 1 aromatic rings. The van der Waals surface area contributed by atoms with Crippen LogP contribution in [0.5, 0.6) is 0 Å². The third-order valence-electron chi connectivity index (χ3n) is 2.55. The number of rotatable bonds is 4. The van der Waals surface area contributed by atoms with Gasteiger partial charge in [-0.3, -0.25) is 11.3 Å². The van der Waals surface area contributed by atoms with Gasteiger partial charge in [0.25, 0.3) is 0 Å². The topological polar surface area (TPSA) is 56.5 Å². The van der Waals surface area contributed by atoms with Crippen molar-refractivity contribution < 1.29 is 9.47 Å². The van der Waals surface area contributed by atoms with Gasteiger partial charge in [0.1, 0.15) is 0 Å². The minimum atomic E-state index is 0.0135. The molecule has 1 aromatic heterocycles. The molecule has 0 aromatic carbocycles. The van der Waals surface area contributed by atoms with Crippen molar-refractivity contribution in [1.29, 1.82) is 0 Å². The predicted octanol–water partition coefficient (Wildman–Crippen LogP) is 1.19. The van der Waals surface area contributed by atoms with Gasteiger partial charge in [-0.2, -0.15) is 0 Å². The maximum Gasteiger partial charge on any atom is 0.0979 e. The van der Waals surface area contributed by atoms with E-state index in [9.17, 15) is 0 Å². The van der Waals surface area contributed by atoms with Crippen molar-refractivity contribution in [1.82, 2.24) is 5.43 Å². The smallest absolute Gasteiger partial charge is 0.0979 e. The third-order valence-corrected chi connectivity index (χ3v) is 3.81. The van der Waals surface area contributed by atoms with E-state index in [1.54, 1.807) is 11.3 Å². The molecular weight excluding hydrogens is 248 g/mol. The number of halogens is 1. The van der Waals surface area contributed by atoms with E-state index in [-0.39, 0.29) is 12.1 Å². The largest absolute Gasteiger partial charge is 0.376 e. The molecule has 1 saturated heterocycles. The van der Waals surface area contributed by atoms with Crippen LogP contribution in [-0.4, -0.2) is 32.0 Å². The zero-order valence-electron chi connectivity index (χ0n) is 8.82. The Hall–Kier alpha value is -0.170. The Morgan fingerprint density at radius 1 is 1.56 bits per heavy atom. The van der Waals surface area contributed by atoms with Crippen LogP contribution < -0.4 is 11.3 Å². The minimum Gasteiger partial charge on any atom is -0.376 e. The van der Waals surface area contributed by atoms with Crippen LogP contribution in [0.25, 0.3) is 0 Å². The Bertz CT molecular complexity index is 328. The van der Waals surface area contributed by atoms with Gasteiger partial charge < -0.3 is 9.47 Å². The van der Waals surface area contributed by atoms with Crippen molar-refractivity contribution in [2.45, 2.75) is 18.6 Å². The lowest BCUT2D eigenvalue weighted by atomic mass is 10.1. The molecule has 0 spiro atoms. The van der Waals surface area contributed by atoms with Gasteiger partial charge in [-0.15, -0.1) is 11.3 Å². The average Bonchev–Trinajstić information content (AvgIpc) is 2.73. The van der Waals surface area contributed by atoms with Gasteiger partial charge in [0.2, 0.25) is 0 Å². The number of hydrogen-bond donors (Lipinski definition) is 2. The maximum atomic E-state index is 5.88. The van der Waals surface area contributed by atoms with Crippen LogP contribution in [0.15, 0.2) is 12.1 Å². The first-order valence-corrected chi connectivity index (χ1v) is 6.38. The molecule has 0 bridgehead atoms. The fourth-order valence-electron chi connectivity index (χ4n) is 1.71. The van der Waals surface area contributed by atoms with Crippen molar-refractivity contribution >= 4 is 22.9 Å². The normalized spacial score (nSPS) is 23.2. The molecule has 6 heteroatoms. The van der Waals surface area contributed by atoms with Gasteiger partial charge in [0.15, 0.2) is 0 Å². The summed E-state index contributed by atoms with van der Waals surface area (Å²) in [5.74, 6) is 5.54. The van der Waals surface area contributed by atoms with Crippen LogP contribution in [0, 0.1) is 0 Å². The lowest BCUT2D eigenvalue weighted by Crippen LogP contribution is -2.50. The van der Waals surface area contributed by atoms with Gasteiger partial charge in [-0.1, -0.05) is 11.6 Å². The van der Waals surface area contributed by atoms with Gasteiger partial charge in [-0.25, -0.2) is 0 Å². The molecule has 2 heterocycles. The first-order chi connectivity index (χ1) is 7.79. The number of nitrogens with two attached hydrogens (primary N) is 1. The summed E-state index contributed by atoms with van der Waals surface area (Å²) in [6.45, 7) is 1.89. The monoisotopic (exact) mass is 262 g/mol. The van der Waals surface area contributed by atoms with Crippen molar-refractivity contribution in [2.24, 2.45) is 5.84 Å². The van der Waals surface area contributed by atoms with Crippen LogP contribution in [0.4, 0.5) is 0 Å². The second kappa shape index (κ2) is 5.95. The zero-order chi connectivity index (χ0) is 11.4. The van der Waals surface area contributed by atoms with Gasteiger partial charge >= 0.3 is 0 Å². The molecule has 0 radical (unpaired) electrons. The van der Waals surface area contributed by atoms with Crippen LogP contribution in [0.1, 0.15) is 4.88 Å². The van der Waals surface area contributed by atoms with E-state index in [0.717, 1.165) is 10.8 Å². The summed E-state index contributed by atoms with van der Waals surface area (Å²) >= 11 is 7.45. The highest BCUT2D eigenvalue weighted by atomic mass is 35.5. The van der Waals surface area contributed by atoms with E-state index in [4.69, 9.17) is 26.9 Å². The van der Waals surface area contributed by atoms with Gasteiger partial charge in [0, 0.05) is 11.3 Å². The molecule has 90 valence electrons. The number of hydrogen-bond acceptors (Lipinski definition) is 5. The van der Waals surface area contributed by atoms with Crippen LogP contribution in [-0.2, 0) is 15.9 Å². The lowest BCUT2D eigenvalue weighted by Gasteiger charge is -2.29. The van der Waals surface area contributed by atoms with Crippen molar-refractivity contribution in [3.63, 3.8) is 0 Å². The molecule has 4 nitrogen and oxygen atoms in total. The Morgan fingerprint density at radius 2 is 2.44 bits per heavy atom. The van der Waals surface area contributed by atoms with Crippen molar-refractivity contribution in [3.8, 4) is 0 Å². The summed E-state index contributed by atoms with van der Waals surface area (Å²) in [4.78, 5) is 1.20. The van der Waals surface area contributed by atoms with Crippen molar-refractivity contribution in [3.05, 3.63) is 21.3 Å². The molecule has 1 aliphatic heterocycles. The quantitative estimate of drug-likeness (QED) is 0.632. The third kappa shape index (κ3) is 3.16. The van der Waals surface area contributed by atoms with Crippen LogP contribution in [0.2, 0.25) is 4.34 Å². The highest BCUT2D eigenvalue weighted by Gasteiger charge is 2.24. The summed E-state index contributed by atoms with van der Waals surface area (Å²) < 4.78 is 11.8. The second-order valence-electron chi connectivity index (χ2n) is 3.67. The van der Waals surface area contributed by atoms with E-state index < -0.39 is 0 Å². The molecule has 1 aliphatic rings. The Morgan fingerprint density at radius 3 is 3.00 bits per heavy atom. The Labute approximate surface area is 104 Å². The van der Waals surface area contributed by atoms with Gasteiger partial charge in [0.05, 0.1) is 36.3 Å². The first-order valence-electron chi connectivity index (χ1n) is 5.19. The first kappa shape index (κ1) is 12.3. The second-order valence-corrected chi connectivity index (χ2v) is 5.47. The number of nitrogens with one attached hydrogen (secondary N) is 1. The average molecular weight is 263 g/mol. The fraction of sp³-hybridized carbons (Fsp3) is 0.600. The molecule has 1 fully saturated rings. The summed E-state index contributed by atoms with van der Waals surface area (Å²) in [6.07, 6.45) is 0.821. The molecule has 2 atom stereocenters. The molecule has 16 heavy (non-hydrogen) atoms. The molecule has 0 aliphatic carbocycles. The fourth-order valence-corrected chi connectivity index (χ4v) is 2.86. The molecule has 2 unspecified atom stereocenters. The summed E-state index contributed by atoms with van der Waals surface area (Å²) in [5.41, 5.74) is 2.79. The standard InChI is InChI=1S/C10H15ClN2O2S/c11-10-2-1-7(16-10)5-8(13-12)9-6-14-3-4-15-9/h1-2,8-9,13H,3-6,12H2. The Kier molecular flexibility index (Phi) is 4.57. The molecule has 3 N–H and O–H groups in total. The number of hydrazine groups is 1. The summed E-state index contributed by atoms with van der Waals surface area (Å²) in [6, 6.07) is 3.98. The van der Waals surface area contributed by atoms with E-state index in [1.807, 2.05) is 12.1 Å². The highest BCUT2D eigenvalue weighted by molar-refractivity contribution is 7.16. The maximum absolute atomic E-state index is 5.88. The summed E-state index contributed by atoms with van der Waals surface area (Å²) in [5, 5.41) is 0. The molecule has 0 amide bonds. The SMILES string of the molecule is NNC(Cc1ccc(Cl)s1)C1COCCO1. The van der Waals surface area contributed by atoms with Gasteiger partial charge in [-0.05, 0) is 12.1 Å². The van der Waals surface area contributed by atoms with E-state index >= 15 is 0 Å². The summed E-state index contributed by atoms with van der Waals surface area (Å²) in [7, 11) is 0. The number of thiophene rings is 1. The minimum absolute atomic E-state index is 0.0135. The highest BCUT2D eigenvalue weighted by Crippen LogP contribution is 2.23. The van der Waals surface area contributed by atoms with Crippen molar-refractivity contribution in [2.75, 3.05) is 19.8 Å². The molecular formula is C10H15ClN2O2S. The van der Waals surface area contributed by atoms with E-state index in [0.29, 0.717) is 19.8 Å². The van der Waals surface area contributed by atoms with Crippen LogP contribution >= 0.6 is 22.9 Å². The zero-order valence-corrected chi connectivity index (χ0v) is 10.4. The molecule has 0 saturated carbocycles. The van der Waals surface area contributed by atoms with E-state index in [2.05, 4.69) is 5.43 Å². The van der Waals surface area contributed by atoms with Crippen LogP contribution in [0.3, 0.4) is 0 Å². The predicted molar refractivity (Wildman–Crippen MR) is 64.7 cm³/mol. The van der Waals surface area contributed by atoms with E-state index in [1.165, 1.54) is 4.88 Å². The number of ether oxygens (including phenoxy) is 2. The molecule has 2 rings (SSSR count). The lowest BCUT2D eigenvalue weighted by molar-refractivity contribution is -0.101.